The molecule has 2 aromatic carbocycles. The molecule has 0 fully saturated rings. The Labute approximate surface area is 162 Å². The van der Waals surface area contributed by atoms with Gasteiger partial charge in [-0.1, -0.05) is 23.2 Å². The fourth-order valence-electron chi connectivity index (χ4n) is 2.33. The second kappa shape index (κ2) is 8.43. The van der Waals surface area contributed by atoms with Gasteiger partial charge in [0.1, 0.15) is 5.75 Å². The molecule has 26 heavy (non-hydrogen) atoms. The Kier molecular flexibility index (Phi) is 6.51. The summed E-state index contributed by atoms with van der Waals surface area (Å²) < 4.78 is 10.4. The lowest BCUT2D eigenvalue weighted by Gasteiger charge is -2.17. The minimum atomic E-state index is -0.784. The fourth-order valence-corrected chi connectivity index (χ4v) is 2.61. The Morgan fingerprint density at radius 1 is 1.08 bits per heavy atom. The first kappa shape index (κ1) is 20.1. The number of nitrogens with one attached hydrogen (secondary N) is 1. The molecule has 0 aliphatic heterocycles. The zero-order valence-corrected chi connectivity index (χ0v) is 16.4. The third kappa shape index (κ3) is 4.68. The van der Waals surface area contributed by atoms with Crippen LogP contribution in [0.3, 0.4) is 0 Å². The summed E-state index contributed by atoms with van der Waals surface area (Å²) in [5, 5.41) is 3.63. The summed E-state index contributed by atoms with van der Waals surface area (Å²) in [5.74, 6) is -0.380. The zero-order valence-electron chi connectivity index (χ0n) is 14.9. The van der Waals surface area contributed by atoms with Crippen LogP contribution in [0.25, 0.3) is 0 Å². The average molecular weight is 396 g/mol. The van der Waals surface area contributed by atoms with Gasteiger partial charge in [0.05, 0.1) is 23.4 Å². The molecule has 2 aromatic rings. The number of esters is 1. The van der Waals surface area contributed by atoms with Gasteiger partial charge in [-0.2, -0.15) is 0 Å². The molecule has 1 amide bonds. The minimum Gasteiger partial charge on any atom is -0.481 e. The lowest BCUT2D eigenvalue weighted by molar-refractivity contribution is -0.122. The van der Waals surface area contributed by atoms with E-state index < -0.39 is 18.0 Å². The van der Waals surface area contributed by atoms with Crippen molar-refractivity contribution in [3.05, 3.63) is 57.1 Å². The number of carbonyl (C=O) groups is 2. The van der Waals surface area contributed by atoms with Crippen LogP contribution in [-0.4, -0.2) is 25.1 Å². The molecule has 0 saturated carbocycles. The number of aryl methyl sites for hydroxylation is 2. The van der Waals surface area contributed by atoms with Crippen LogP contribution >= 0.6 is 23.2 Å². The van der Waals surface area contributed by atoms with Crippen molar-refractivity contribution in [2.75, 3.05) is 12.4 Å². The van der Waals surface area contributed by atoms with E-state index in [-0.39, 0.29) is 5.56 Å². The van der Waals surface area contributed by atoms with Crippen molar-refractivity contribution in [2.45, 2.75) is 26.9 Å². The Balaban J connectivity index is 2.13. The molecule has 0 aromatic heterocycles. The predicted octanol–water partition coefficient (Wildman–Crippen LogP) is 4.80. The molecular formula is C19H19Cl2NO4. The van der Waals surface area contributed by atoms with Crippen molar-refractivity contribution < 1.29 is 19.1 Å². The van der Waals surface area contributed by atoms with E-state index in [1.807, 2.05) is 13.8 Å². The number of anilines is 1. The van der Waals surface area contributed by atoms with E-state index in [0.717, 1.165) is 11.1 Å². The fraction of sp³-hybridized carbons (Fsp3) is 0.263. The van der Waals surface area contributed by atoms with Crippen LogP contribution in [0.4, 0.5) is 5.69 Å². The standard InChI is InChI=1S/C19H19Cl2NO4/c1-10-7-14(8-11(2)17(10)21)26-12(3)18(23)22-16-9-13(19(24)25-4)5-6-15(16)20/h5-9,12H,1-4H3,(H,22,23)/t12-/m0/s1. The SMILES string of the molecule is COC(=O)c1ccc(Cl)c(NC(=O)[C@H](C)Oc2cc(C)c(Cl)c(C)c2)c1. The van der Waals surface area contributed by atoms with E-state index in [1.54, 1.807) is 19.1 Å². The summed E-state index contributed by atoms with van der Waals surface area (Å²) in [6, 6.07) is 8.02. The van der Waals surface area contributed by atoms with Crippen LogP contribution in [0.2, 0.25) is 10.0 Å². The second-order valence-electron chi connectivity index (χ2n) is 5.81. The lowest BCUT2D eigenvalue weighted by atomic mass is 10.1. The smallest absolute Gasteiger partial charge is 0.337 e. The molecular weight excluding hydrogens is 377 g/mol. The Bertz CT molecular complexity index is 828. The van der Waals surface area contributed by atoms with E-state index >= 15 is 0 Å². The molecule has 1 atom stereocenters. The van der Waals surface area contributed by atoms with Crippen molar-refractivity contribution in [1.82, 2.24) is 0 Å². The summed E-state index contributed by atoms with van der Waals surface area (Å²) in [5.41, 5.74) is 2.31. The molecule has 0 heterocycles. The van der Waals surface area contributed by atoms with Crippen molar-refractivity contribution >= 4 is 40.8 Å². The molecule has 0 aliphatic carbocycles. The average Bonchev–Trinajstić information content (AvgIpc) is 2.60. The number of rotatable bonds is 5. The van der Waals surface area contributed by atoms with Crippen LogP contribution < -0.4 is 10.1 Å². The van der Waals surface area contributed by atoms with E-state index in [2.05, 4.69) is 10.1 Å². The van der Waals surface area contributed by atoms with Crippen LogP contribution in [0.5, 0.6) is 5.75 Å². The Morgan fingerprint density at radius 2 is 1.69 bits per heavy atom. The van der Waals surface area contributed by atoms with Gasteiger partial charge in [0.25, 0.3) is 5.91 Å². The predicted molar refractivity (Wildman–Crippen MR) is 102 cm³/mol. The first-order valence-electron chi connectivity index (χ1n) is 7.85. The van der Waals surface area contributed by atoms with E-state index in [1.165, 1.54) is 25.3 Å². The van der Waals surface area contributed by atoms with Crippen molar-refractivity contribution in [2.24, 2.45) is 0 Å². The summed E-state index contributed by atoms with van der Waals surface area (Å²) in [6.07, 6.45) is -0.784. The number of ether oxygens (including phenoxy) is 2. The number of carbonyl (C=O) groups excluding carboxylic acids is 2. The molecule has 1 N–H and O–H groups in total. The second-order valence-corrected chi connectivity index (χ2v) is 6.59. The van der Waals surface area contributed by atoms with Gasteiger partial charge in [-0.05, 0) is 62.2 Å². The van der Waals surface area contributed by atoms with Gasteiger partial charge in [-0.25, -0.2) is 4.79 Å². The third-order valence-corrected chi connectivity index (χ3v) is 4.66. The monoisotopic (exact) mass is 395 g/mol. The number of benzene rings is 2. The molecule has 2 rings (SSSR count). The Morgan fingerprint density at radius 3 is 2.27 bits per heavy atom. The van der Waals surface area contributed by atoms with Crippen LogP contribution in [0, 0.1) is 13.8 Å². The van der Waals surface area contributed by atoms with Crippen LogP contribution in [-0.2, 0) is 9.53 Å². The number of hydrogen-bond acceptors (Lipinski definition) is 4. The van der Waals surface area contributed by atoms with Gasteiger partial charge < -0.3 is 14.8 Å². The molecule has 5 nitrogen and oxygen atoms in total. The van der Waals surface area contributed by atoms with Crippen LogP contribution in [0.15, 0.2) is 30.3 Å². The summed E-state index contributed by atoms with van der Waals surface area (Å²) in [7, 11) is 1.28. The van der Waals surface area contributed by atoms with Gasteiger partial charge in [-0.15, -0.1) is 0 Å². The van der Waals surface area contributed by atoms with E-state index in [4.69, 9.17) is 27.9 Å². The molecule has 0 saturated heterocycles. The topological polar surface area (TPSA) is 64.6 Å². The zero-order chi connectivity index (χ0) is 19.4. The third-order valence-electron chi connectivity index (χ3n) is 3.74. The van der Waals surface area contributed by atoms with Gasteiger partial charge in [-0.3, -0.25) is 4.79 Å². The maximum absolute atomic E-state index is 12.4. The maximum Gasteiger partial charge on any atom is 0.337 e. The van der Waals surface area contributed by atoms with Gasteiger partial charge in [0.15, 0.2) is 6.10 Å². The highest BCUT2D eigenvalue weighted by molar-refractivity contribution is 6.34. The number of methoxy groups -OCH3 is 1. The quantitative estimate of drug-likeness (QED) is 0.738. The lowest BCUT2D eigenvalue weighted by Crippen LogP contribution is -2.30. The van der Waals surface area contributed by atoms with Crippen molar-refractivity contribution in [3.63, 3.8) is 0 Å². The summed E-state index contributed by atoms with van der Waals surface area (Å²) in [6.45, 7) is 5.35. The molecule has 0 aliphatic rings. The van der Waals surface area contributed by atoms with Gasteiger partial charge in [0.2, 0.25) is 0 Å². The maximum atomic E-state index is 12.4. The first-order chi connectivity index (χ1) is 12.2. The normalized spacial score (nSPS) is 11.6. The molecule has 0 unspecified atom stereocenters. The van der Waals surface area contributed by atoms with Crippen LogP contribution in [0.1, 0.15) is 28.4 Å². The number of halogens is 2. The van der Waals surface area contributed by atoms with E-state index in [0.29, 0.717) is 21.5 Å². The van der Waals surface area contributed by atoms with Gasteiger partial charge >= 0.3 is 5.97 Å². The number of amides is 1. The van der Waals surface area contributed by atoms with Crippen molar-refractivity contribution in [3.8, 4) is 5.75 Å². The highest BCUT2D eigenvalue weighted by atomic mass is 35.5. The first-order valence-corrected chi connectivity index (χ1v) is 8.60. The summed E-state index contributed by atoms with van der Waals surface area (Å²) in [4.78, 5) is 24.0. The Hall–Kier alpha value is -2.24. The summed E-state index contributed by atoms with van der Waals surface area (Å²) >= 11 is 12.2. The molecule has 0 spiro atoms. The molecule has 138 valence electrons. The highest BCUT2D eigenvalue weighted by Crippen LogP contribution is 2.27. The molecule has 0 bridgehead atoms. The van der Waals surface area contributed by atoms with E-state index in [9.17, 15) is 9.59 Å². The molecule has 7 heteroatoms. The highest BCUT2D eigenvalue weighted by Gasteiger charge is 2.18. The van der Waals surface area contributed by atoms with Gasteiger partial charge in [0, 0.05) is 5.02 Å². The molecule has 0 radical (unpaired) electrons. The largest absolute Gasteiger partial charge is 0.481 e. The minimum absolute atomic E-state index is 0.282. The van der Waals surface area contributed by atoms with Crippen molar-refractivity contribution in [1.29, 1.82) is 0 Å². The number of hydrogen-bond donors (Lipinski definition) is 1.